The van der Waals surface area contributed by atoms with Gasteiger partial charge in [-0.25, -0.2) is 4.98 Å². The molecule has 1 heterocycles. The summed E-state index contributed by atoms with van der Waals surface area (Å²) in [6.45, 7) is 0. The minimum absolute atomic E-state index is 0.248. The van der Waals surface area contributed by atoms with E-state index < -0.39 is 6.10 Å². The molecule has 21 heavy (non-hydrogen) atoms. The number of H-pyrrole nitrogens is 1. The Balaban J connectivity index is 2.01. The highest BCUT2D eigenvalue weighted by molar-refractivity contribution is 6.30. The van der Waals surface area contributed by atoms with Crippen molar-refractivity contribution >= 4 is 11.6 Å². The lowest BCUT2D eigenvalue weighted by Crippen LogP contribution is -2.14. The molecule has 0 saturated carbocycles. The minimum Gasteiger partial charge on any atom is -0.387 e. The van der Waals surface area contributed by atoms with Gasteiger partial charge in [0.1, 0.15) is 5.82 Å². The first kappa shape index (κ1) is 13.9. The van der Waals surface area contributed by atoms with E-state index in [-0.39, 0.29) is 5.92 Å². The Kier molecular flexibility index (Phi) is 4.04. The Morgan fingerprint density at radius 2 is 1.67 bits per heavy atom. The fraction of sp³-hybridized carbons (Fsp3) is 0.118. The summed E-state index contributed by atoms with van der Waals surface area (Å²) in [7, 11) is 0. The minimum atomic E-state index is -0.698. The van der Waals surface area contributed by atoms with Gasteiger partial charge in [-0.15, -0.1) is 0 Å². The summed E-state index contributed by atoms with van der Waals surface area (Å²) in [5.74, 6) is 0.492. The molecule has 2 aromatic carbocycles. The summed E-state index contributed by atoms with van der Waals surface area (Å²) < 4.78 is 0. The van der Waals surface area contributed by atoms with Crippen molar-refractivity contribution in [2.75, 3.05) is 0 Å². The molecule has 0 aliphatic heterocycles. The van der Waals surface area contributed by atoms with Gasteiger partial charge in [0, 0.05) is 17.4 Å². The molecule has 0 aliphatic rings. The SMILES string of the molecule is OC(c1ccc(Cl)cc1)C(c1ccccc1)c1ncc[nH]1. The first-order valence-electron chi connectivity index (χ1n) is 6.73. The molecule has 0 aliphatic carbocycles. The van der Waals surface area contributed by atoms with Crippen molar-refractivity contribution in [1.82, 2.24) is 9.97 Å². The van der Waals surface area contributed by atoms with Crippen molar-refractivity contribution in [2.45, 2.75) is 12.0 Å². The van der Waals surface area contributed by atoms with Crippen molar-refractivity contribution < 1.29 is 5.11 Å². The van der Waals surface area contributed by atoms with Gasteiger partial charge in [-0.3, -0.25) is 0 Å². The van der Waals surface area contributed by atoms with Gasteiger partial charge in [-0.2, -0.15) is 0 Å². The standard InChI is InChI=1S/C17H15ClN2O/c18-14-8-6-13(7-9-14)16(21)15(17-19-10-11-20-17)12-4-2-1-3-5-12/h1-11,15-16,21H,(H,19,20). The van der Waals surface area contributed by atoms with Gasteiger partial charge in [0.2, 0.25) is 0 Å². The molecular weight excluding hydrogens is 284 g/mol. The lowest BCUT2D eigenvalue weighted by molar-refractivity contribution is 0.156. The molecule has 2 atom stereocenters. The highest BCUT2D eigenvalue weighted by Gasteiger charge is 2.26. The molecule has 3 rings (SSSR count). The summed E-state index contributed by atoms with van der Waals surface area (Å²) in [4.78, 5) is 7.42. The normalized spacial score (nSPS) is 13.8. The topological polar surface area (TPSA) is 48.9 Å². The lowest BCUT2D eigenvalue weighted by atomic mass is 9.88. The third-order valence-electron chi connectivity index (χ3n) is 3.50. The van der Waals surface area contributed by atoms with E-state index in [1.54, 1.807) is 24.5 Å². The molecule has 2 unspecified atom stereocenters. The number of aliphatic hydroxyl groups excluding tert-OH is 1. The van der Waals surface area contributed by atoms with Crippen LogP contribution in [0.4, 0.5) is 0 Å². The number of nitrogens with zero attached hydrogens (tertiary/aromatic N) is 1. The van der Waals surface area contributed by atoms with E-state index in [1.807, 2.05) is 42.5 Å². The number of aliphatic hydroxyl groups is 1. The summed E-state index contributed by atoms with van der Waals surface area (Å²) in [5, 5.41) is 11.4. The lowest BCUT2D eigenvalue weighted by Gasteiger charge is -2.22. The third kappa shape index (κ3) is 2.99. The zero-order valence-electron chi connectivity index (χ0n) is 11.3. The summed E-state index contributed by atoms with van der Waals surface area (Å²) in [6, 6.07) is 17.1. The van der Waals surface area contributed by atoms with Gasteiger partial charge >= 0.3 is 0 Å². The van der Waals surface area contributed by atoms with Crippen molar-refractivity contribution in [1.29, 1.82) is 0 Å². The van der Waals surface area contributed by atoms with E-state index in [4.69, 9.17) is 11.6 Å². The predicted molar refractivity (Wildman–Crippen MR) is 83.3 cm³/mol. The molecule has 0 bridgehead atoms. The number of rotatable bonds is 4. The number of aromatic nitrogens is 2. The number of benzene rings is 2. The molecular formula is C17H15ClN2O. The van der Waals surface area contributed by atoms with Crippen LogP contribution < -0.4 is 0 Å². The van der Waals surface area contributed by atoms with Gasteiger partial charge < -0.3 is 10.1 Å². The third-order valence-corrected chi connectivity index (χ3v) is 3.75. The summed E-state index contributed by atoms with van der Waals surface area (Å²) in [5.41, 5.74) is 1.82. The maximum atomic E-state index is 10.8. The zero-order chi connectivity index (χ0) is 14.7. The Bertz CT molecular complexity index is 681. The van der Waals surface area contributed by atoms with Crippen LogP contribution in [0.25, 0.3) is 0 Å². The Morgan fingerprint density at radius 1 is 0.952 bits per heavy atom. The van der Waals surface area contributed by atoms with Crippen LogP contribution in [0.1, 0.15) is 29.0 Å². The van der Waals surface area contributed by atoms with E-state index >= 15 is 0 Å². The number of nitrogens with one attached hydrogen (secondary N) is 1. The van der Waals surface area contributed by atoms with Crippen molar-refractivity contribution in [3.63, 3.8) is 0 Å². The van der Waals surface area contributed by atoms with E-state index in [2.05, 4.69) is 9.97 Å². The van der Waals surface area contributed by atoms with Crippen LogP contribution in [0, 0.1) is 0 Å². The van der Waals surface area contributed by atoms with Crippen molar-refractivity contribution in [3.8, 4) is 0 Å². The van der Waals surface area contributed by atoms with Crippen LogP contribution in [-0.4, -0.2) is 15.1 Å². The fourth-order valence-corrected chi connectivity index (χ4v) is 2.58. The van der Waals surface area contributed by atoms with Crippen LogP contribution in [0.3, 0.4) is 0 Å². The average Bonchev–Trinajstić information content (AvgIpc) is 3.03. The highest BCUT2D eigenvalue weighted by atomic mass is 35.5. The van der Waals surface area contributed by atoms with E-state index in [0.29, 0.717) is 5.02 Å². The number of hydrogen-bond acceptors (Lipinski definition) is 2. The molecule has 0 radical (unpaired) electrons. The van der Waals surface area contributed by atoms with E-state index in [1.165, 1.54) is 0 Å². The van der Waals surface area contributed by atoms with Crippen molar-refractivity contribution in [3.05, 3.63) is 89.0 Å². The Morgan fingerprint density at radius 3 is 2.29 bits per heavy atom. The number of imidazole rings is 1. The molecule has 0 amide bonds. The highest BCUT2D eigenvalue weighted by Crippen LogP contribution is 2.35. The average molecular weight is 299 g/mol. The van der Waals surface area contributed by atoms with Crippen LogP contribution in [0.5, 0.6) is 0 Å². The number of halogens is 1. The second-order valence-electron chi connectivity index (χ2n) is 4.86. The molecule has 0 spiro atoms. The number of aromatic amines is 1. The van der Waals surface area contributed by atoms with Crippen LogP contribution in [0.15, 0.2) is 67.0 Å². The number of hydrogen-bond donors (Lipinski definition) is 2. The van der Waals surface area contributed by atoms with Crippen LogP contribution >= 0.6 is 11.6 Å². The summed E-state index contributed by atoms with van der Waals surface area (Å²) >= 11 is 5.91. The first-order valence-corrected chi connectivity index (χ1v) is 7.11. The van der Waals surface area contributed by atoms with Gasteiger partial charge in [0.25, 0.3) is 0 Å². The summed E-state index contributed by atoms with van der Waals surface area (Å²) in [6.07, 6.45) is 2.76. The molecule has 0 saturated heterocycles. The zero-order valence-corrected chi connectivity index (χ0v) is 12.0. The Labute approximate surface area is 128 Å². The monoisotopic (exact) mass is 298 g/mol. The van der Waals surface area contributed by atoms with Gasteiger partial charge in [0.15, 0.2) is 0 Å². The quantitative estimate of drug-likeness (QED) is 0.767. The van der Waals surface area contributed by atoms with Crippen LogP contribution in [-0.2, 0) is 0 Å². The molecule has 106 valence electrons. The molecule has 1 aromatic heterocycles. The second kappa shape index (κ2) is 6.12. The smallest absolute Gasteiger partial charge is 0.116 e. The Hall–Kier alpha value is -2.10. The van der Waals surface area contributed by atoms with Gasteiger partial charge in [-0.05, 0) is 23.3 Å². The molecule has 3 nitrogen and oxygen atoms in total. The fourth-order valence-electron chi connectivity index (χ4n) is 2.45. The molecule has 0 fully saturated rings. The van der Waals surface area contributed by atoms with Gasteiger partial charge in [0.05, 0.1) is 12.0 Å². The second-order valence-corrected chi connectivity index (χ2v) is 5.30. The first-order chi connectivity index (χ1) is 10.3. The van der Waals surface area contributed by atoms with E-state index in [0.717, 1.165) is 17.0 Å². The van der Waals surface area contributed by atoms with E-state index in [9.17, 15) is 5.11 Å². The molecule has 3 aromatic rings. The maximum Gasteiger partial charge on any atom is 0.116 e. The van der Waals surface area contributed by atoms with Crippen molar-refractivity contribution in [2.24, 2.45) is 0 Å². The molecule has 4 heteroatoms. The predicted octanol–water partition coefficient (Wildman–Crippen LogP) is 3.93. The molecule has 2 N–H and O–H groups in total. The maximum absolute atomic E-state index is 10.8. The van der Waals surface area contributed by atoms with Gasteiger partial charge in [-0.1, -0.05) is 54.1 Å². The van der Waals surface area contributed by atoms with Crippen LogP contribution in [0.2, 0.25) is 5.02 Å². The largest absolute Gasteiger partial charge is 0.387 e.